The number of methoxy groups -OCH3 is 1. The molecule has 5 rings (SSSR count). The maximum atomic E-state index is 12.7. The van der Waals surface area contributed by atoms with Gasteiger partial charge in [-0.2, -0.15) is 0 Å². The fourth-order valence-corrected chi connectivity index (χ4v) is 5.32. The van der Waals surface area contributed by atoms with Crippen LogP contribution in [0.4, 0.5) is 0 Å². The molecule has 0 bridgehead atoms. The van der Waals surface area contributed by atoms with E-state index in [9.17, 15) is 9.90 Å². The number of hydrogen-bond donors (Lipinski definition) is 3. The fraction of sp³-hybridized carbons (Fsp3) is 0.591. The first-order chi connectivity index (χ1) is 13.6. The summed E-state index contributed by atoms with van der Waals surface area (Å²) in [5, 5.41) is 14.7. The van der Waals surface area contributed by atoms with E-state index in [0.717, 1.165) is 62.3 Å². The molecule has 3 heterocycles. The number of nitrogens with zero attached hydrogens (tertiary/aromatic N) is 1. The molecule has 1 unspecified atom stereocenters. The number of nitrogens with one attached hydrogen (secondary N) is 2. The number of carbonyl (C=O) groups excluding carboxylic acids is 1. The quantitative estimate of drug-likeness (QED) is 0.761. The highest BCUT2D eigenvalue weighted by atomic mass is 16.5. The Labute approximate surface area is 165 Å². The number of aromatic nitrogens is 1. The summed E-state index contributed by atoms with van der Waals surface area (Å²) in [4.78, 5) is 18.3. The van der Waals surface area contributed by atoms with E-state index in [1.807, 2.05) is 12.1 Å². The van der Waals surface area contributed by atoms with Crippen LogP contribution in [0.15, 0.2) is 18.2 Å². The Kier molecular flexibility index (Phi) is 4.36. The highest BCUT2D eigenvalue weighted by molar-refractivity contribution is 5.88. The van der Waals surface area contributed by atoms with E-state index in [0.29, 0.717) is 5.91 Å². The Morgan fingerprint density at radius 3 is 2.75 bits per heavy atom. The summed E-state index contributed by atoms with van der Waals surface area (Å²) in [5.41, 5.74) is 3.48. The zero-order valence-electron chi connectivity index (χ0n) is 16.5. The molecule has 1 aromatic heterocycles. The van der Waals surface area contributed by atoms with Crippen molar-refractivity contribution in [3.63, 3.8) is 0 Å². The highest BCUT2D eigenvalue weighted by Gasteiger charge is 2.45. The molecule has 2 fully saturated rings. The van der Waals surface area contributed by atoms with Gasteiger partial charge in [-0.05, 0) is 43.4 Å². The molecular formula is C22H29N3O3. The number of aliphatic hydroxyl groups excluding tert-OH is 1. The minimum atomic E-state index is -0.0753. The number of amides is 1. The van der Waals surface area contributed by atoms with Crippen LogP contribution in [-0.4, -0.2) is 54.2 Å². The van der Waals surface area contributed by atoms with E-state index >= 15 is 0 Å². The second kappa shape index (κ2) is 6.78. The Bertz CT molecular complexity index is 894. The second-order valence-corrected chi connectivity index (χ2v) is 8.67. The zero-order valence-corrected chi connectivity index (χ0v) is 16.5. The molecule has 2 aliphatic heterocycles. The Morgan fingerprint density at radius 1 is 1.32 bits per heavy atom. The molecule has 1 saturated heterocycles. The molecule has 0 radical (unpaired) electrons. The van der Waals surface area contributed by atoms with Gasteiger partial charge < -0.3 is 25.0 Å². The van der Waals surface area contributed by atoms with Crippen molar-refractivity contribution in [2.75, 3.05) is 33.4 Å². The van der Waals surface area contributed by atoms with Crippen molar-refractivity contribution in [1.82, 2.24) is 15.2 Å². The van der Waals surface area contributed by atoms with Gasteiger partial charge >= 0.3 is 0 Å². The lowest BCUT2D eigenvalue weighted by atomic mass is 9.68. The second-order valence-electron chi connectivity index (χ2n) is 8.67. The van der Waals surface area contributed by atoms with Crippen LogP contribution in [0.25, 0.3) is 10.9 Å². The van der Waals surface area contributed by atoms with Crippen molar-refractivity contribution in [3.05, 3.63) is 29.5 Å². The number of rotatable bonds is 3. The van der Waals surface area contributed by atoms with Gasteiger partial charge in [0, 0.05) is 53.6 Å². The Hall–Kier alpha value is -2.05. The molecule has 2 aromatic rings. The van der Waals surface area contributed by atoms with Crippen LogP contribution in [0, 0.1) is 5.92 Å². The molecule has 6 heteroatoms. The number of aliphatic hydroxyl groups is 1. The fourth-order valence-electron chi connectivity index (χ4n) is 5.32. The van der Waals surface area contributed by atoms with Crippen LogP contribution < -0.4 is 10.1 Å². The Balaban J connectivity index is 1.49. The average Bonchev–Trinajstić information content (AvgIpc) is 3.07. The highest BCUT2D eigenvalue weighted by Crippen LogP contribution is 2.46. The largest absolute Gasteiger partial charge is 0.497 e. The van der Waals surface area contributed by atoms with Crippen LogP contribution >= 0.6 is 0 Å². The molecule has 1 atom stereocenters. The van der Waals surface area contributed by atoms with Crippen molar-refractivity contribution in [2.45, 2.75) is 43.6 Å². The number of benzene rings is 1. The minimum Gasteiger partial charge on any atom is -0.497 e. The van der Waals surface area contributed by atoms with Gasteiger partial charge in [0.05, 0.1) is 19.8 Å². The summed E-state index contributed by atoms with van der Waals surface area (Å²) in [6.45, 7) is 2.56. The number of fused-ring (bicyclic) bond motifs is 4. The lowest BCUT2D eigenvalue weighted by Gasteiger charge is -2.47. The first kappa shape index (κ1) is 18.0. The molecule has 28 heavy (non-hydrogen) atoms. The van der Waals surface area contributed by atoms with E-state index < -0.39 is 0 Å². The van der Waals surface area contributed by atoms with Gasteiger partial charge in [-0.15, -0.1) is 0 Å². The van der Waals surface area contributed by atoms with Gasteiger partial charge in [0.15, 0.2) is 0 Å². The minimum absolute atomic E-state index is 0.00420. The molecular weight excluding hydrogens is 354 g/mol. The van der Waals surface area contributed by atoms with E-state index in [1.165, 1.54) is 17.4 Å². The predicted molar refractivity (Wildman–Crippen MR) is 108 cm³/mol. The number of likely N-dealkylation sites (tertiary alicyclic amines) is 1. The smallest absolute Gasteiger partial charge is 0.225 e. The Morgan fingerprint density at radius 2 is 2.11 bits per heavy atom. The maximum Gasteiger partial charge on any atom is 0.225 e. The van der Waals surface area contributed by atoms with Crippen molar-refractivity contribution in [1.29, 1.82) is 0 Å². The molecule has 3 N–H and O–H groups in total. The molecule has 6 nitrogen and oxygen atoms in total. The third-order valence-electron chi connectivity index (χ3n) is 7.27. The first-order valence-corrected chi connectivity index (χ1v) is 10.5. The lowest BCUT2D eigenvalue weighted by molar-refractivity contribution is -0.139. The molecule has 3 aliphatic rings. The third-order valence-corrected chi connectivity index (χ3v) is 7.27. The number of carbonyl (C=O) groups is 1. The van der Waals surface area contributed by atoms with E-state index in [4.69, 9.17) is 4.74 Å². The molecule has 1 amide bonds. The summed E-state index contributed by atoms with van der Waals surface area (Å²) in [6, 6.07) is 6.10. The molecule has 1 aliphatic carbocycles. The van der Waals surface area contributed by atoms with Crippen LogP contribution in [0.3, 0.4) is 0 Å². The standard InChI is InChI=1S/C22H29N3O3/c1-28-15-5-6-16-17(11-15)24-20-18(12-26)23-13-22(19(16)20)7-9-25(10-8-22)21(27)14-3-2-4-14/h5-6,11,14,18,23-24,26H,2-4,7-10,12-13H2,1H3. The van der Waals surface area contributed by atoms with E-state index in [-0.39, 0.29) is 24.0 Å². The SMILES string of the molecule is COc1ccc2c3c([nH]c2c1)C(CO)NCC31CCN(C(=O)C2CCC2)CC1. The van der Waals surface area contributed by atoms with Gasteiger partial charge in [0.1, 0.15) is 5.75 Å². The van der Waals surface area contributed by atoms with Crippen LogP contribution in [-0.2, 0) is 10.2 Å². The normalized spacial score (nSPS) is 24.2. The number of hydrogen-bond acceptors (Lipinski definition) is 4. The van der Waals surface area contributed by atoms with Crippen molar-refractivity contribution < 1.29 is 14.6 Å². The van der Waals surface area contributed by atoms with E-state index in [2.05, 4.69) is 21.3 Å². The van der Waals surface area contributed by atoms with Gasteiger partial charge in [-0.25, -0.2) is 0 Å². The molecule has 1 spiro atoms. The van der Waals surface area contributed by atoms with Crippen molar-refractivity contribution in [3.8, 4) is 5.75 Å². The van der Waals surface area contributed by atoms with Crippen LogP contribution in [0.1, 0.15) is 49.4 Å². The average molecular weight is 383 g/mol. The summed E-state index contributed by atoms with van der Waals surface area (Å²) in [5.74, 6) is 1.46. The van der Waals surface area contributed by atoms with Crippen LogP contribution in [0.5, 0.6) is 5.75 Å². The number of aromatic amines is 1. The van der Waals surface area contributed by atoms with Crippen LogP contribution in [0.2, 0.25) is 0 Å². The first-order valence-electron chi connectivity index (χ1n) is 10.5. The summed E-state index contributed by atoms with van der Waals surface area (Å²) < 4.78 is 5.39. The molecule has 150 valence electrons. The predicted octanol–water partition coefficient (Wildman–Crippen LogP) is 2.47. The molecule has 1 aromatic carbocycles. The number of H-pyrrole nitrogens is 1. The van der Waals surface area contributed by atoms with Crippen molar-refractivity contribution >= 4 is 16.8 Å². The summed E-state index contributed by atoms with van der Waals surface area (Å²) in [7, 11) is 1.68. The molecule has 1 saturated carbocycles. The summed E-state index contributed by atoms with van der Waals surface area (Å²) in [6.07, 6.45) is 5.25. The monoisotopic (exact) mass is 383 g/mol. The number of piperidine rings is 1. The number of ether oxygens (including phenoxy) is 1. The maximum absolute atomic E-state index is 12.7. The topological polar surface area (TPSA) is 77.6 Å². The lowest BCUT2D eigenvalue weighted by Crippen LogP contribution is -2.54. The van der Waals surface area contributed by atoms with Gasteiger partial charge in [-0.1, -0.05) is 6.42 Å². The van der Waals surface area contributed by atoms with E-state index in [1.54, 1.807) is 7.11 Å². The van der Waals surface area contributed by atoms with Gasteiger partial charge in [0.25, 0.3) is 0 Å². The van der Waals surface area contributed by atoms with Gasteiger partial charge in [0.2, 0.25) is 5.91 Å². The van der Waals surface area contributed by atoms with Gasteiger partial charge in [-0.3, -0.25) is 4.79 Å². The zero-order chi connectivity index (χ0) is 19.3. The van der Waals surface area contributed by atoms with Crippen molar-refractivity contribution in [2.24, 2.45) is 5.92 Å². The third kappa shape index (κ3) is 2.65. The summed E-state index contributed by atoms with van der Waals surface area (Å²) >= 11 is 0.